The number of carbonyl (C=O) groups excluding carboxylic acids is 2. The number of esters is 2. The number of fused-ring (bicyclic) bond motifs is 1. The van der Waals surface area contributed by atoms with Crippen LogP contribution >= 0.6 is 0 Å². The first-order chi connectivity index (χ1) is 10.00. The van der Waals surface area contributed by atoms with Crippen molar-refractivity contribution in [2.75, 3.05) is 21.3 Å². The van der Waals surface area contributed by atoms with Gasteiger partial charge in [0.15, 0.2) is 5.41 Å². The molecule has 0 spiro atoms. The fourth-order valence-electron chi connectivity index (χ4n) is 3.04. The number of methoxy groups -OCH3 is 3. The van der Waals surface area contributed by atoms with E-state index in [-0.39, 0.29) is 0 Å². The monoisotopic (exact) mass is 292 g/mol. The molecular weight excluding hydrogens is 272 g/mol. The lowest BCUT2D eigenvalue weighted by molar-refractivity contribution is -0.168. The lowest BCUT2D eigenvalue weighted by Crippen LogP contribution is -2.42. The van der Waals surface area contributed by atoms with Crippen LogP contribution in [-0.4, -0.2) is 33.3 Å². The van der Waals surface area contributed by atoms with Crippen molar-refractivity contribution in [3.8, 4) is 0 Å². The van der Waals surface area contributed by atoms with Crippen LogP contribution in [0.3, 0.4) is 0 Å². The van der Waals surface area contributed by atoms with Crippen molar-refractivity contribution < 1.29 is 23.8 Å². The molecule has 1 aromatic carbocycles. The van der Waals surface area contributed by atoms with Crippen molar-refractivity contribution in [2.45, 2.75) is 26.4 Å². The summed E-state index contributed by atoms with van der Waals surface area (Å²) in [5.74, 6) is -1.09. The van der Waals surface area contributed by atoms with Gasteiger partial charge in [-0.3, -0.25) is 9.59 Å². The topological polar surface area (TPSA) is 61.8 Å². The fourth-order valence-corrected chi connectivity index (χ4v) is 3.04. The highest BCUT2D eigenvalue weighted by Gasteiger charge is 2.53. The van der Waals surface area contributed by atoms with Crippen LogP contribution in [0.25, 0.3) is 0 Å². The van der Waals surface area contributed by atoms with Gasteiger partial charge in [0, 0.05) is 13.5 Å². The van der Waals surface area contributed by atoms with Crippen LogP contribution in [0.1, 0.15) is 22.3 Å². The highest BCUT2D eigenvalue weighted by molar-refractivity contribution is 6.01. The van der Waals surface area contributed by atoms with E-state index in [1.165, 1.54) is 14.2 Å². The SMILES string of the molecule is COCc1ccc2c(c1C)CC(C(=O)OC)(C(=O)OC)C2. The Hall–Kier alpha value is -1.88. The summed E-state index contributed by atoms with van der Waals surface area (Å²) < 4.78 is 14.9. The van der Waals surface area contributed by atoms with Crippen molar-refractivity contribution in [3.05, 3.63) is 34.4 Å². The van der Waals surface area contributed by atoms with Crippen molar-refractivity contribution >= 4 is 11.9 Å². The lowest BCUT2D eigenvalue weighted by Gasteiger charge is -2.22. The van der Waals surface area contributed by atoms with Gasteiger partial charge >= 0.3 is 11.9 Å². The molecule has 1 aliphatic carbocycles. The zero-order valence-corrected chi connectivity index (χ0v) is 12.8. The number of hydrogen-bond donors (Lipinski definition) is 0. The molecule has 1 aliphatic rings. The summed E-state index contributed by atoms with van der Waals surface area (Å²) in [6.45, 7) is 2.49. The average Bonchev–Trinajstić information content (AvgIpc) is 2.90. The van der Waals surface area contributed by atoms with E-state index in [0.29, 0.717) is 19.4 Å². The standard InChI is InChI=1S/C16H20O5/c1-10-12(9-19-2)6-5-11-7-16(8-13(10)11,14(17)20-3)15(18)21-4/h5-6H,7-9H2,1-4H3. The molecule has 5 nitrogen and oxygen atoms in total. The third-order valence-electron chi connectivity index (χ3n) is 4.23. The largest absolute Gasteiger partial charge is 0.468 e. The van der Waals surface area contributed by atoms with E-state index in [0.717, 1.165) is 22.3 Å². The Morgan fingerprint density at radius 2 is 1.71 bits per heavy atom. The molecule has 0 fully saturated rings. The highest BCUT2D eigenvalue weighted by Crippen LogP contribution is 2.41. The molecule has 0 amide bonds. The highest BCUT2D eigenvalue weighted by atomic mass is 16.5. The predicted molar refractivity (Wildman–Crippen MR) is 75.8 cm³/mol. The Morgan fingerprint density at radius 1 is 1.10 bits per heavy atom. The van der Waals surface area contributed by atoms with E-state index in [2.05, 4.69) is 0 Å². The van der Waals surface area contributed by atoms with Crippen molar-refractivity contribution in [3.63, 3.8) is 0 Å². The lowest BCUT2D eigenvalue weighted by atomic mass is 9.84. The van der Waals surface area contributed by atoms with Gasteiger partial charge in [-0.05, 0) is 35.6 Å². The van der Waals surface area contributed by atoms with Crippen molar-refractivity contribution in [1.82, 2.24) is 0 Å². The van der Waals surface area contributed by atoms with Gasteiger partial charge in [0.05, 0.1) is 20.8 Å². The van der Waals surface area contributed by atoms with Gasteiger partial charge in [-0.2, -0.15) is 0 Å². The molecule has 0 N–H and O–H groups in total. The molecule has 1 aromatic rings. The molecule has 5 heteroatoms. The van der Waals surface area contributed by atoms with E-state index >= 15 is 0 Å². The van der Waals surface area contributed by atoms with Crippen LogP contribution in [0.2, 0.25) is 0 Å². The van der Waals surface area contributed by atoms with Crippen LogP contribution in [0.5, 0.6) is 0 Å². The first kappa shape index (κ1) is 15.5. The van der Waals surface area contributed by atoms with E-state index in [4.69, 9.17) is 14.2 Å². The summed E-state index contributed by atoms with van der Waals surface area (Å²) >= 11 is 0. The minimum atomic E-state index is -1.26. The number of rotatable bonds is 4. The molecule has 0 bridgehead atoms. The molecule has 21 heavy (non-hydrogen) atoms. The molecule has 0 aliphatic heterocycles. The Bertz CT molecular complexity index is 560. The quantitative estimate of drug-likeness (QED) is 0.623. The number of carbonyl (C=O) groups is 2. The van der Waals surface area contributed by atoms with Crippen LogP contribution < -0.4 is 0 Å². The minimum absolute atomic E-state index is 0.311. The third-order valence-corrected chi connectivity index (χ3v) is 4.23. The Labute approximate surface area is 124 Å². The molecule has 0 saturated heterocycles. The van der Waals surface area contributed by atoms with Crippen LogP contribution in [0, 0.1) is 12.3 Å². The Balaban J connectivity index is 2.46. The molecule has 2 rings (SSSR count). The minimum Gasteiger partial charge on any atom is -0.468 e. The molecule has 0 aromatic heterocycles. The maximum Gasteiger partial charge on any atom is 0.323 e. The first-order valence-electron chi connectivity index (χ1n) is 6.76. The smallest absolute Gasteiger partial charge is 0.323 e. The normalized spacial score (nSPS) is 15.4. The maximum absolute atomic E-state index is 12.2. The van der Waals surface area contributed by atoms with Gasteiger partial charge in [0.2, 0.25) is 0 Å². The first-order valence-corrected chi connectivity index (χ1v) is 6.76. The average molecular weight is 292 g/mol. The summed E-state index contributed by atoms with van der Waals surface area (Å²) in [6.07, 6.45) is 0.626. The predicted octanol–water partition coefficient (Wildman–Crippen LogP) is 1.57. The second-order valence-corrected chi connectivity index (χ2v) is 5.34. The van der Waals surface area contributed by atoms with Crippen LogP contribution in [0.4, 0.5) is 0 Å². The van der Waals surface area contributed by atoms with Crippen LogP contribution in [0.15, 0.2) is 12.1 Å². The molecular formula is C16H20O5. The number of ether oxygens (including phenoxy) is 3. The van der Waals surface area contributed by atoms with E-state index in [1.807, 2.05) is 19.1 Å². The zero-order chi connectivity index (χ0) is 15.6. The number of hydrogen-bond acceptors (Lipinski definition) is 5. The van der Waals surface area contributed by atoms with Gasteiger partial charge in [0.25, 0.3) is 0 Å². The van der Waals surface area contributed by atoms with Gasteiger partial charge in [0.1, 0.15) is 0 Å². The zero-order valence-electron chi connectivity index (χ0n) is 12.8. The Morgan fingerprint density at radius 3 is 2.24 bits per heavy atom. The second kappa shape index (κ2) is 5.85. The fraction of sp³-hybridized carbons (Fsp3) is 0.500. The summed E-state index contributed by atoms with van der Waals surface area (Å²) in [6, 6.07) is 3.92. The van der Waals surface area contributed by atoms with Crippen molar-refractivity contribution in [1.29, 1.82) is 0 Å². The van der Waals surface area contributed by atoms with Gasteiger partial charge in [-0.15, -0.1) is 0 Å². The van der Waals surface area contributed by atoms with Gasteiger partial charge in [-0.25, -0.2) is 0 Å². The third kappa shape index (κ3) is 2.42. The molecule has 0 unspecified atom stereocenters. The molecule has 0 heterocycles. The van der Waals surface area contributed by atoms with Crippen molar-refractivity contribution in [2.24, 2.45) is 5.41 Å². The summed E-state index contributed by atoms with van der Waals surface area (Å²) in [5, 5.41) is 0. The molecule has 114 valence electrons. The molecule has 0 saturated carbocycles. The summed E-state index contributed by atoms with van der Waals surface area (Å²) in [7, 11) is 4.22. The second-order valence-electron chi connectivity index (χ2n) is 5.34. The molecule has 0 radical (unpaired) electrons. The number of benzene rings is 1. The molecule has 0 atom stereocenters. The van der Waals surface area contributed by atoms with E-state index in [9.17, 15) is 9.59 Å². The summed E-state index contributed by atoms with van der Waals surface area (Å²) in [4.78, 5) is 24.4. The van der Waals surface area contributed by atoms with E-state index in [1.54, 1.807) is 7.11 Å². The van der Waals surface area contributed by atoms with Crippen LogP contribution in [-0.2, 0) is 43.2 Å². The maximum atomic E-state index is 12.2. The summed E-state index contributed by atoms with van der Waals surface area (Å²) in [5.41, 5.74) is 2.86. The van der Waals surface area contributed by atoms with Gasteiger partial charge in [-0.1, -0.05) is 12.1 Å². The van der Waals surface area contributed by atoms with Gasteiger partial charge < -0.3 is 14.2 Å². The Kier molecular flexibility index (Phi) is 4.32. The van der Waals surface area contributed by atoms with E-state index < -0.39 is 17.4 Å².